The first-order valence-corrected chi connectivity index (χ1v) is 44.7. The second-order valence-corrected chi connectivity index (χ2v) is 33.7. The largest absolute Gasteiger partial charge is 0.472 e. The van der Waals surface area contributed by atoms with Gasteiger partial charge in [-0.25, -0.2) is 9.13 Å². The zero-order chi connectivity index (χ0) is 73.8. The van der Waals surface area contributed by atoms with E-state index in [1.165, 1.54) is 212 Å². The highest BCUT2D eigenvalue weighted by atomic mass is 31.2. The summed E-state index contributed by atoms with van der Waals surface area (Å²) in [6.45, 7) is 14.3. The molecule has 0 saturated heterocycles. The molecule has 0 saturated carbocycles. The van der Waals surface area contributed by atoms with Crippen LogP contribution in [0.2, 0.25) is 0 Å². The lowest BCUT2D eigenvalue weighted by atomic mass is 9.99. The molecule has 0 rings (SSSR count). The SMILES string of the molecule is CCC(C)CCCCCCCCCCCCCCCCC(=O)O[C@H](COC(=O)CCCCCCCCCCCCCC(C)C)COP(=O)(O)OCC(O)COP(=O)(O)OC[C@@H](COC(=O)CCCCCCCCCC(C)C)OC(=O)CCCCCCCCCCCCCCCCCC(C)C. The van der Waals surface area contributed by atoms with Gasteiger partial charge in [-0.3, -0.25) is 37.3 Å². The van der Waals surface area contributed by atoms with Crippen LogP contribution in [0.15, 0.2) is 0 Å². The van der Waals surface area contributed by atoms with Crippen LogP contribution < -0.4 is 0 Å². The fraction of sp³-hybridized carbons (Fsp3) is 0.951. The molecule has 3 N–H and O–H groups in total. The van der Waals surface area contributed by atoms with E-state index >= 15 is 0 Å². The second-order valence-electron chi connectivity index (χ2n) is 30.8. The van der Waals surface area contributed by atoms with Crippen LogP contribution in [0.5, 0.6) is 0 Å². The minimum Gasteiger partial charge on any atom is -0.462 e. The van der Waals surface area contributed by atoms with Gasteiger partial charge in [-0.2, -0.15) is 0 Å². The molecule has 0 aliphatic rings. The molecule has 100 heavy (non-hydrogen) atoms. The molecule has 594 valence electrons. The lowest BCUT2D eigenvalue weighted by Gasteiger charge is -2.21. The summed E-state index contributed by atoms with van der Waals surface area (Å²) >= 11 is 0. The molecule has 0 radical (unpaired) electrons. The summed E-state index contributed by atoms with van der Waals surface area (Å²) in [6.07, 6.45) is 56.9. The first-order valence-electron chi connectivity index (χ1n) is 41.7. The predicted molar refractivity (Wildman–Crippen MR) is 409 cm³/mol. The molecule has 0 aromatic rings. The number of phosphoric acid groups is 2. The summed E-state index contributed by atoms with van der Waals surface area (Å²) in [5.74, 6) is 1.01. The summed E-state index contributed by atoms with van der Waals surface area (Å²) in [6, 6.07) is 0. The molecule has 0 amide bonds. The van der Waals surface area contributed by atoms with Crippen LogP contribution in [-0.2, 0) is 65.4 Å². The number of carbonyl (C=O) groups excluding carboxylic acids is 4. The molecule has 0 spiro atoms. The average molecular weight is 1470 g/mol. The van der Waals surface area contributed by atoms with Gasteiger partial charge in [0.25, 0.3) is 0 Å². The number of aliphatic hydroxyl groups is 1. The monoisotopic (exact) mass is 1470 g/mol. The number of unbranched alkanes of at least 4 members (excludes halogenated alkanes) is 43. The van der Waals surface area contributed by atoms with Crippen molar-refractivity contribution in [1.29, 1.82) is 0 Å². The lowest BCUT2D eigenvalue weighted by Crippen LogP contribution is -2.30. The van der Waals surface area contributed by atoms with Gasteiger partial charge < -0.3 is 33.8 Å². The number of rotatable bonds is 78. The van der Waals surface area contributed by atoms with Gasteiger partial charge >= 0.3 is 39.5 Å². The minimum absolute atomic E-state index is 0.107. The van der Waals surface area contributed by atoms with Crippen molar-refractivity contribution >= 4 is 39.5 Å². The molecule has 0 bridgehead atoms. The molecule has 19 heteroatoms. The van der Waals surface area contributed by atoms with Gasteiger partial charge in [0.1, 0.15) is 19.3 Å². The van der Waals surface area contributed by atoms with Crippen LogP contribution in [0.3, 0.4) is 0 Å². The van der Waals surface area contributed by atoms with Gasteiger partial charge in [0.2, 0.25) is 0 Å². The van der Waals surface area contributed by atoms with E-state index in [-0.39, 0.29) is 25.7 Å². The minimum atomic E-state index is -4.96. The van der Waals surface area contributed by atoms with Crippen LogP contribution in [0.4, 0.5) is 0 Å². The Bertz CT molecular complexity index is 1960. The number of carbonyl (C=O) groups is 4. The highest BCUT2D eigenvalue weighted by Gasteiger charge is 2.30. The van der Waals surface area contributed by atoms with Crippen molar-refractivity contribution in [3.05, 3.63) is 0 Å². The summed E-state index contributed by atoms with van der Waals surface area (Å²) in [5.41, 5.74) is 0. The highest BCUT2D eigenvalue weighted by molar-refractivity contribution is 7.47. The molecule has 0 heterocycles. The Balaban J connectivity index is 5.24. The molecule has 4 unspecified atom stereocenters. The van der Waals surface area contributed by atoms with E-state index in [0.717, 1.165) is 114 Å². The van der Waals surface area contributed by atoms with E-state index in [9.17, 15) is 43.2 Å². The Morgan fingerprint density at radius 3 is 0.710 bits per heavy atom. The molecular weight excluding hydrogens is 1310 g/mol. The number of hydrogen-bond acceptors (Lipinski definition) is 15. The van der Waals surface area contributed by atoms with Crippen molar-refractivity contribution < 1.29 is 80.2 Å². The molecule has 0 aromatic carbocycles. The molecular formula is C81H158O17P2. The van der Waals surface area contributed by atoms with Gasteiger partial charge in [0.05, 0.1) is 26.4 Å². The third-order valence-electron chi connectivity index (χ3n) is 19.2. The van der Waals surface area contributed by atoms with Gasteiger partial charge in [-0.15, -0.1) is 0 Å². The van der Waals surface area contributed by atoms with E-state index in [4.69, 9.17) is 37.0 Å². The van der Waals surface area contributed by atoms with Crippen LogP contribution in [0.25, 0.3) is 0 Å². The topological polar surface area (TPSA) is 237 Å². The fourth-order valence-corrected chi connectivity index (χ4v) is 14.0. The summed E-state index contributed by atoms with van der Waals surface area (Å²) in [7, 11) is -9.92. The molecule has 0 fully saturated rings. The van der Waals surface area contributed by atoms with Crippen LogP contribution in [-0.4, -0.2) is 96.7 Å². The van der Waals surface area contributed by atoms with Gasteiger partial charge in [-0.1, -0.05) is 364 Å². The maximum atomic E-state index is 13.1. The van der Waals surface area contributed by atoms with Crippen molar-refractivity contribution in [2.24, 2.45) is 23.7 Å². The molecule has 17 nitrogen and oxygen atoms in total. The first-order chi connectivity index (χ1) is 48.1. The number of aliphatic hydroxyl groups excluding tert-OH is 1. The number of phosphoric ester groups is 2. The smallest absolute Gasteiger partial charge is 0.462 e. The van der Waals surface area contributed by atoms with E-state index < -0.39 is 97.5 Å². The molecule has 0 aliphatic heterocycles. The lowest BCUT2D eigenvalue weighted by molar-refractivity contribution is -0.161. The number of ether oxygens (including phenoxy) is 4. The Kier molecular flexibility index (Phi) is 68.7. The quantitative estimate of drug-likeness (QED) is 0.0222. The summed E-state index contributed by atoms with van der Waals surface area (Å²) in [4.78, 5) is 73.0. The van der Waals surface area contributed by atoms with E-state index in [2.05, 4.69) is 55.4 Å². The molecule has 6 atom stereocenters. The van der Waals surface area contributed by atoms with Gasteiger partial charge in [0.15, 0.2) is 12.2 Å². The van der Waals surface area contributed by atoms with Gasteiger partial charge in [0, 0.05) is 25.7 Å². The summed E-state index contributed by atoms with van der Waals surface area (Å²) in [5, 5.41) is 10.6. The van der Waals surface area contributed by atoms with E-state index in [1.807, 2.05) is 0 Å². The van der Waals surface area contributed by atoms with Crippen LogP contribution >= 0.6 is 15.6 Å². The number of esters is 4. The zero-order valence-corrected chi connectivity index (χ0v) is 67.6. The molecule has 0 aromatic heterocycles. The van der Waals surface area contributed by atoms with E-state index in [1.54, 1.807) is 0 Å². The third kappa shape index (κ3) is 73.0. The van der Waals surface area contributed by atoms with Crippen molar-refractivity contribution in [1.82, 2.24) is 0 Å². The number of hydrogen-bond donors (Lipinski definition) is 3. The zero-order valence-electron chi connectivity index (χ0n) is 65.8. The van der Waals surface area contributed by atoms with Crippen molar-refractivity contribution in [3.63, 3.8) is 0 Å². The maximum absolute atomic E-state index is 13.1. The van der Waals surface area contributed by atoms with Gasteiger partial charge in [-0.05, 0) is 49.4 Å². The standard InChI is InChI=1S/C81H158O17P2/c1-9-74(8)60-52-44-36-28-22-16-13-14-18-24-31-39-48-56-64-80(85)97-76(67-91-78(83)61-53-45-37-29-25-19-21-27-34-42-50-58-72(4)5)69-95-99(87,88)93-65-75(82)66-94-100(89,90)96-70-77(68-92-79(84)62-54-46-40-32-35-43-51-59-73(6)7)98-81(86)63-55-47-38-30-23-17-12-10-11-15-20-26-33-41-49-57-71(2)3/h71-77,82H,9-70H2,1-8H3,(H,87,88)(H,89,90)/t74?,75?,76-,77-/m1/s1. The Hall–Kier alpha value is -1.94. The average Bonchev–Trinajstić information content (AvgIpc) is 0.918. The third-order valence-corrected chi connectivity index (χ3v) is 21.1. The Morgan fingerprint density at radius 1 is 0.280 bits per heavy atom. The van der Waals surface area contributed by atoms with Crippen LogP contribution in [0, 0.1) is 23.7 Å². The van der Waals surface area contributed by atoms with Crippen molar-refractivity contribution in [2.45, 2.75) is 433 Å². The Labute approximate surface area is 613 Å². The first kappa shape index (κ1) is 98.1. The van der Waals surface area contributed by atoms with Crippen molar-refractivity contribution in [2.75, 3.05) is 39.6 Å². The maximum Gasteiger partial charge on any atom is 0.472 e. The predicted octanol–water partition coefficient (Wildman–Crippen LogP) is 24.0. The normalized spacial score (nSPS) is 14.3. The molecule has 0 aliphatic carbocycles. The van der Waals surface area contributed by atoms with E-state index in [0.29, 0.717) is 31.6 Å². The summed E-state index contributed by atoms with van der Waals surface area (Å²) < 4.78 is 68.7. The second kappa shape index (κ2) is 70.1. The fourth-order valence-electron chi connectivity index (χ4n) is 12.4. The van der Waals surface area contributed by atoms with Crippen LogP contribution in [0.1, 0.15) is 415 Å². The van der Waals surface area contributed by atoms with Crippen molar-refractivity contribution in [3.8, 4) is 0 Å². The highest BCUT2D eigenvalue weighted by Crippen LogP contribution is 2.45. The Morgan fingerprint density at radius 2 is 0.480 bits per heavy atom.